The Morgan fingerprint density at radius 3 is 2.69 bits per heavy atom. The number of aryl methyl sites for hydroxylation is 2. The van der Waals surface area contributed by atoms with Crippen molar-refractivity contribution in [3.63, 3.8) is 0 Å². The van der Waals surface area contributed by atoms with Gasteiger partial charge < -0.3 is 14.6 Å². The van der Waals surface area contributed by atoms with Crippen LogP contribution in [0.25, 0.3) is 5.57 Å². The molecule has 2 aromatic rings. The standard InChI is InChI=1S/C22H25FN4O7S2/c1-13-21(14(2)34-25-13)36(31,32)26-35(30)8-6-16(7-9-35)19-5-4-17(10-20(19)23)27-12-18(33-22(27)29)11-24-15(3)28/h4-6,10,18H,7-9,11-12H2,1-3H3,(H,24,28)/t18-,35?/m1/s1. The molecule has 194 valence electrons. The van der Waals surface area contributed by atoms with E-state index in [0.29, 0.717) is 11.3 Å². The van der Waals surface area contributed by atoms with Crippen LogP contribution in [-0.2, 0) is 29.3 Å². The number of benzene rings is 1. The normalized spacial score (nSPS) is 22.2. The van der Waals surface area contributed by atoms with E-state index in [2.05, 4.69) is 14.2 Å². The number of nitrogens with zero attached hydrogens (tertiary/aromatic N) is 3. The quantitative estimate of drug-likeness (QED) is 0.588. The van der Waals surface area contributed by atoms with Crippen LogP contribution in [0.15, 0.2) is 37.5 Å². The number of carbonyl (C=O) groups is 2. The number of sulfonamides is 1. The molecular weight excluding hydrogens is 515 g/mol. The summed E-state index contributed by atoms with van der Waals surface area (Å²) in [5, 5.41) is 6.19. The highest BCUT2D eigenvalue weighted by Gasteiger charge is 2.33. The predicted octanol–water partition coefficient (Wildman–Crippen LogP) is 2.54. The van der Waals surface area contributed by atoms with E-state index >= 15 is 4.39 Å². The monoisotopic (exact) mass is 540 g/mol. The molecule has 36 heavy (non-hydrogen) atoms. The molecule has 1 saturated heterocycles. The van der Waals surface area contributed by atoms with Gasteiger partial charge in [-0.1, -0.05) is 11.2 Å². The van der Waals surface area contributed by atoms with Crippen molar-refractivity contribution in [2.45, 2.75) is 38.2 Å². The Kier molecular flexibility index (Phi) is 6.92. The number of aromatic nitrogens is 1. The van der Waals surface area contributed by atoms with Crippen molar-refractivity contribution < 1.29 is 35.9 Å². The molecule has 2 aliphatic rings. The molecule has 0 saturated carbocycles. The number of hydrogen-bond donors (Lipinski definition) is 1. The Hall–Kier alpha value is -3.26. The number of cyclic esters (lactones) is 1. The number of anilines is 1. The maximum Gasteiger partial charge on any atom is 0.414 e. The highest BCUT2D eigenvalue weighted by Crippen LogP contribution is 2.31. The Balaban J connectivity index is 1.51. The Bertz CT molecular complexity index is 1470. The fourth-order valence-electron chi connectivity index (χ4n) is 4.09. The summed E-state index contributed by atoms with van der Waals surface area (Å²) < 4.78 is 67.4. The van der Waals surface area contributed by atoms with E-state index in [0.717, 1.165) is 0 Å². The third-order valence-corrected chi connectivity index (χ3v) is 10.3. The van der Waals surface area contributed by atoms with Gasteiger partial charge in [0.05, 0.1) is 34.3 Å². The zero-order valence-electron chi connectivity index (χ0n) is 19.8. The zero-order chi connectivity index (χ0) is 26.3. The second-order valence-electron chi connectivity index (χ2n) is 8.54. The summed E-state index contributed by atoms with van der Waals surface area (Å²) in [5.74, 6) is -0.998. The van der Waals surface area contributed by atoms with E-state index in [9.17, 15) is 22.2 Å². The number of amides is 2. The third-order valence-electron chi connectivity index (χ3n) is 5.80. The summed E-state index contributed by atoms with van der Waals surface area (Å²) in [6.07, 6.45) is 0.489. The number of halogens is 1. The Morgan fingerprint density at radius 1 is 1.36 bits per heavy atom. The molecule has 0 bridgehead atoms. The van der Waals surface area contributed by atoms with Gasteiger partial charge in [-0.25, -0.2) is 13.4 Å². The van der Waals surface area contributed by atoms with E-state index in [4.69, 9.17) is 9.26 Å². The minimum Gasteiger partial charge on any atom is -0.442 e. The Labute approximate surface area is 207 Å². The molecule has 2 amide bonds. The lowest BCUT2D eigenvalue weighted by Gasteiger charge is -2.19. The van der Waals surface area contributed by atoms with E-state index in [-0.39, 0.29) is 58.8 Å². The van der Waals surface area contributed by atoms with Crippen molar-refractivity contribution in [3.8, 4) is 0 Å². The average molecular weight is 541 g/mol. The van der Waals surface area contributed by atoms with Crippen molar-refractivity contribution in [2.75, 3.05) is 29.5 Å². The molecule has 1 aromatic carbocycles. The first kappa shape index (κ1) is 25.8. The largest absolute Gasteiger partial charge is 0.442 e. The van der Waals surface area contributed by atoms with Gasteiger partial charge in [-0.2, -0.15) is 8.42 Å². The third kappa shape index (κ3) is 5.28. The maximum atomic E-state index is 15.0. The number of ether oxygens (including phenoxy) is 1. The minimum absolute atomic E-state index is 0.0636. The molecule has 0 spiro atoms. The molecule has 14 heteroatoms. The molecule has 1 N–H and O–H groups in total. The number of carbonyl (C=O) groups excluding carboxylic acids is 2. The van der Waals surface area contributed by atoms with Crippen LogP contribution in [-0.4, -0.2) is 60.5 Å². The molecule has 11 nitrogen and oxygen atoms in total. The number of hydrogen-bond acceptors (Lipinski definition) is 8. The van der Waals surface area contributed by atoms with Gasteiger partial charge >= 0.3 is 6.09 Å². The maximum absolute atomic E-state index is 15.0. The predicted molar refractivity (Wildman–Crippen MR) is 129 cm³/mol. The van der Waals surface area contributed by atoms with Gasteiger partial charge in [0, 0.05) is 18.2 Å². The second-order valence-corrected chi connectivity index (χ2v) is 12.8. The van der Waals surface area contributed by atoms with Gasteiger partial charge in [-0.05, 0) is 44.0 Å². The van der Waals surface area contributed by atoms with E-state index < -0.39 is 37.8 Å². The van der Waals surface area contributed by atoms with Crippen LogP contribution in [0.5, 0.6) is 0 Å². The number of rotatable bonds is 6. The van der Waals surface area contributed by atoms with Crippen LogP contribution < -0.4 is 10.2 Å². The van der Waals surface area contributed by atoms with Crippen molar-refractivity contribution in [2.24, 2.45) is 3.77 Å². The van der Waals surface area contributed by atoms with Gasteiger partial charge in [0.25, 0.3) is 10.0 Å². The lowest BCUT2D eigenvalue weighted by Crippen LogP contribution is -2.33. The number of allylic oxidation sites excluding steroid dienone is 1. The summed E-state index contributed by atoms with van der Waals surface area (Å²) in [7, 11) is -7.38. The molecule has 2 atom stereocenters. The minimum atomic E-state index is -4.24. The SMILES string of the molecule is CC(=O)NC[C@@H]1CN(c2ccc(C3=CCS(=O)(=NS(=O)(=O)c4c(C)noc4C)CC3)c(F)c2)C(=O)O1. The summed E-state index contributed by atoms with van der Waals surface area (Å²) in [4.78, 5) is 24.4. The highest BCUT2D eigenvalue weighted by atomic mass is 32.3. The fourth-order valence-corrected chi connectivity index (χ4v) is 8.33. The van der Waals surface area contributed by atoms with Gasteiger partial charge in [0.15, 0.2) is 10.7 Å². The molecule has 0 aliphatic carbocycles. The molecule has 1 fully saturated rings. The molecule has 3 heterocycles. The van der Waals surface area contributed by atoms with Crippen molar-refractivity contribution in [3.05, 3.63) is 47.1 Å². The van der Waals surface area contributed by atoms with E-state index in [1.54, 1.807) is 6.07 Å². The summed E-state index contributed by atoms with van der Waals surface area (Å²) in [6, 6.07) is 4.28. The van der Waals surface area contributed by atoms with Crippen molar-refractivity contribution in [1.29, 1.82) is 0 Å². The lowest BCUT2D eigenvalue weighted by atomic mass is 10.0. The molecule has 1 unspecified atom stereocenters. The van der Waals surface area contributed by atoms with Gasteiger partial charge in [0.2, 0.25) is 5.91 Å². The van der Waals surface area contributed by atoms with E-state index in [1.165, 1.54) is 43.9 Å². The topological polar surface area (TPSA) is 148 Å². The van der Waals surface area contributed by atoms with Crippen LogP contribution in [0.2, 0.25) is 0 Å². The number of nitrogens with one attached hydrogen (secondary N) is 1. The van der Waals surface area contributed by atoms with Crippen LogP contribution >= 0.6 is 0 Å². The Morgan fingerprint density at radius 2 is 2.11 bits per heavy atom. The van der Waals surface area contributed by atoms with Crippen molar-refractivity contribution in [1.82, 2.24) is 10.5 Å². The second kappa shape index (κ2) is 9.65. The van der Waals surface area contributed by atoms with Crippen molar-refractivity contribution >= 4 is 43.0 Å². The summed E-state index contributed by atoms with van der Waals surface area (Å²) in [5.41, 5.74) is 1.26. The van der Waals surface area contributed by atoms with Crippen LogP contribution in [0.4, 0.5) is 14.9 Å². The van der Waals surface area contributed by atoms with Crippen LogP contribution in [0.1, 0.15) is 30.4 Å². The van der Waals surface area contributed by atoms with Crippen LogP contribution in [0, 0.1) is 19.7 Å². The highest BCUT2D eigenvalue weighted by molar-refractivity contribution is 8.03. The lowest BCUT2D eigenvalue weighted by molar-refractivity contribution is -0.119. The zero-order valence-corrected chi connectivity index (χ0v) is 21.4. The van der Waals surface area contributed by atoms with Gasteiger partial charge in [-0.15, -0.1) is 3.77 Å². The molecule has 0 radical (unpaired) electrons. The first-order chi connectivity index (χ1) is 16.9. The molecule has 1 aromatic heterocycles. The smallest absolute Gasteiger partial charge is 0.414 e. The first-order valence-electron chi connectivity index (χ1n) is 11.0. The first-order valence-corrected chi connectivity index (χ1v) is 14.3. The summed E-state index contributed by atoms with van der Waals surface area (Å²) >= 11 is 0. The molecule has 2 aliphatic heterocycles. The molecular formula is C22H25FN4O7S2. The molecule has 4 rings (SSSR count). The van der Waals surface area contributed by atoms with Crippen LogP contribution in [0.3, 0.4) is 0 Å². The van der Waals surface area contributed by atoms with Gasteiger partial charge in [0.1, 0.15) is 17.6 Å². The van der Waals surface area contributed by atoms with E-state index in [1.807, 2.05) is 0 Å². The summed E-state index contributed by atoms with van der Waals surface area (Å²) in [6.45, 7) is 4.56. The average Bonchev–Trinajstić information content (AvgIpc) is 3.34. The van der Waals surface area contributed by atoms with Gasteiger partial charge in [-0.3, -0.25) is 9.69 Å². The fraction of sp³-hybridized carbons (Fsp3) is 0.409.